The molecule has 0 atom stereocenters. The number of carbonyl (C=O) groups excluding carboxylic acids is 2. The zero-order valence-electron chi connectivity index (χ0n) is 22.8. The molecule has 2 heterocycles. The third-order valence-electron chi connectivity index (χ3n) is 4.70. The van der Waals surface area contributed by atoms with Gasteiger partial charge in [0.25, 0.3) is 0 Å². The van der Waals surface area contributed by atoms with E-state index < -0.39 is 23.4 Å². The molecule has 202 valence electrons. The van der Waals surface area contributed by atoms with Crippen LogP contribution in [0.5, 0.6) is 0 Å². The molecule has 2 amide bonds. The highest BCUT2D eigenvalue weighted by Crippen LogP contribution is 2.33. The average molecular weight is 585 g/mol. The van der Waals surface area contributed by atoms with Gasteiger partial charge in [-0.15, -0.1) is 0 Å². The van der Waals surface area contributed by atoms with Gasteiger partial charge in [0.15, 0.2) is 24.8 Å². The Hall–Kier alpha value is -3.72. The molecule has 0 saturated heterocycles. The number of hydrogen-bond donors (Lipinski definition) is 1. The van der Waals surface area contributed by atoms with Crippen molar-refractivity contribution in [3.05, 3.63) is 84.3 Å². The summed E-state index contributed by atoms with van der Waals surface area (Å²) >= 11 is 3.54. The predicted molar refractivity (Wildman–Crippen MR) is 155 cm³/mol. The van der Waals surface area contributed by atoms with Crippen LogP contribution in [-0.2, 0) is 16.0 Å². The molecule has 0 radical (unpaired) electrons. The number of anilines is 2. The molecule has 0 aliphatic rings. The van der Waals surface area contributed by atoms with Gasteiger partial charge in [-0.2, -0.15) is 4.90 Å². The first-order valence-electron chi connectivity index (χ1n) is 12.0. The van der Waals surface area contributed by atoms with E-state index in [-0.39, 0.29) is 5.82 Å². The Morgan fingerprint density at radius 2 is 1.50 bits per heavy atom. The fraction of sp³-hybridized carbons (Fsp3) is 0.310. The van der Waals surface area contributed by atoms with Crippen molar-refractivity contribution in [3.63, 3.8) is 0 Å². The highest BCUT2D eigenvalue weighted by molar-refractivity contribution is 9.10. The summed E-state index contributed by atoms with van der Waals surface area (Å²) in [4.78, 5) is 31.4. The van der Waals surface area contributed by atoms with Crippen LogP contribution in [0.3, 0.4) is 0 Å². The quantitative estimate of drug-likeness (QED) is 0.263. The average Bonchev–Trinajstić information content (AvgIpc) is 2.80. The van der Waals surface area contributed by atoms with Gasteiger partial charge in [0.05, 0.1) is 0 Å². The van der Waals surface area contributed by atoms with Crippen LogP contribution in [0.2, 0.25) is 0 Å². The largest absolute Gasteiger partial charge is 0.443 e. The van der Waals surface area contributed by atoms with Crippen molar-refractivity contribution < 1.29 is 23.6 Å². The standard InChI is InChI=1S/C25H29BrN4O4.C4H6/c1-24(2,3)33-22(31)30(23(32)34-25(4,5)6)21-18-8-7-16(13-19(18)20(26)14-28-21)15-29-11-9-17(27)10-12-29;1-3-4-2/h7-14,27H,15H2,1-6H3;3-4H,1-2H2/p+1. The zero-order valence-corrected chi connectivity index (χ0v) is 24.4. The Labute approximate surface area is 232 Å². The minimum atomic E-state index is -0.862. The van der Waals surface area contributed by atoms with E-state index in [0.29, 0.717) is 17.6 Å². The Morgan fingerprint density at radius 3 is 1.97 bits per heavy atom. The summed E-state index contributed by atoms with van der Waals surface area (Å²) in [6.07, 6.45) is 6.91. The molecule has 8 nitrogen and oxygen atoms in total. The second kappa shape index (κ2) is 12.7. The van der Waals surface area contributed by atoms with Crippen LogP contribution < -0.4 is 15.2 Å². The molecule has 2 aromatic heterocycles. The first-order chi connectivity index (χ1) is 17.6. The second-order valence-corrected chi connectivity index (χ2v) is 11.2. The third-order valence-corrected chi connectivity index (χ3v) is 5.33. The molecular weight excluding hydrogens is 548 g/mol. The van der Waals surface area contributed by atoms with Gasteiger partial charge in [-0.3, -0.25) is 0 Å². The first kappa shape index (κ1) is 30.5. The number of benzene rings is 1. The second-order valence-electron chi connectivity index (χ2n) is 10.4. The lowest BCUT2D eigenvalue weighted by molar-refractivity contribution is -0.688. The maximum absolute atomic E-state index is 13.1. The Morgan fingerprint density at radius 1 is 0.974 bits per heavy atom. The lowest BCUT2D eigenvalue weighted by Crippen LogP contribution is -2.44. The Bertz CT molecular complexity index is 1280. The summed E-state index contributed by atoms with van der Waals surface area (Å²) in [6, 6.07) is 9.40. The van der Waals surface area contributed by atoms with Gasteiger partial charge in [-0.05, 0) is 63.5 Å². The van der Waals surface area contributed by atoms with Crippen molar-refractivity contribution >= 4 is 50.4 Å². The van der Waals surface area contributed by atoms with Crippen molar-refractivity contribution in [1.29, 1.82) is 0 Å². The number of aromatic nitrogens is 2. The van der Waals surface area contributed by atoms with E-state index in [4.69, 9.17) is 15.2 Å². The number of halogens is 1. The zero-order chi connectivity index (χ0) is 28.7. The van der Waals surface area contributed by atoms with E-state index in [9.17, 15) is 9.59 Å². The van der Waals surface area contributed by atoms with E-state index in [1.165, 1.54) is 0 Å². The number of nitrogens with zero attached hydrogens (tertiary/aromatic N) is 3. The molecule has 0 aliphatic heterocycles. The Kier molecular flexibility index (Phi) is 10.2. The van der Waals surface area contributed by atoms with Gasteiger partial charge < -0.3 is 15.2 Å². The number of imide groups is 1. The molecule has 2 N–H and O–H groups in total. The summed E-state index contributed by atoms with van der Waals surface area (Å²) in [7, 11) is 0. The summed E-state index contributed by atoms with van der Waals surface area (Å²) in [6.45, 7) is 17.7. The fourth-order valence-electron chi connectivity index (χ4n) is 3.17. The molecule has 0 aliphatic carbocycles. The molecule has 3 rings (SSSR count). The number of allylic oxidation sites excluding steroid dienone is 2. The molecular formula is C29H36BrN4O4+. The smallest absolute Gasteiger partial charge is 0.425 e. The van der Waals surface area contributed by atoms with Gasteiger partial charge in [0.2, 0.25) is 0 Å². The van der Waals surface area contributed by atoms with Crippen LogP contribution in [0, 0.1) is 0 Å². The molecule has 0 spiro atoms. The molecule has 0 fully saturated rings. The molecule has 0 bridgehead atoms. The number of ether oxygens (including phenoxy) is 2. The van der Waals surface area contributed by atoms with Crippen LogP contribution in [0.4, 0.5) is 21.1 Å². The summed E-state index contributed by atoms with van der Waals surface area (Å²) in [5.41, 5.74) is 5.86. The van der Waals surface area contributed by atoms with Gasteiger partial charge >= 0.3 is 12.2 Å². The van der Waals surface area contributed by atoms with Crippen molar-refractivity contribution in [1.82, 2.24) is 4.98 Å². The number of fused-ring (bicyclic) bond motifs is 1. The number of amides is 2. The fourth-order valence-corrected chi connectivity index (χ4v) is 3.60. The van der Waals surface area contributed by atoms with Crippen LogP contribution >= 0.6 is 15.9 Å². The van der Waals surface area contributed by atoms with Crippen molar-refractivity contribution in [3.8, 4) is 0 Å². The van der Waals surface area contributed by atoms with Crippen LogP contribution in [0.25, 0.3) is 10.8 Å². The number of rotatable bonds is 4. The Balaban J connectivity index is 0.00000118. The van der Waals surface area contributed by atoms with E-state index in [1.54, 1.807) is 59.9 Å². The minimum absolute atomic E-state index is 0.133. The predicted octanol–water partition coefficient (Wildman–Crippen LogP) is 6.95. The van der Waals surface area contributed by atoms with Gasteiger partial charge in [0.1, 0.15) is 11.2 Å². The topological polar surface area (TPSA) is 98.6 Å². The minimum Gasteiger partial charge on any atom is -0.443 e. The van der Waals surface area contributed by atoms with Crippen molar-refractivity contribution in [2.45, 2.75) is 59.3 Å². The highest BCUT2D eigenvalue weighted by Gasteiger charge is 2.34. The molecule has 1 aromatic carbocycles. The molecule has 0 unspecified atom stereocenters. The van der Waals surface area contributed by atoms with E-state index in [0.717, 1.165) is 20.3 Å². The van der Waals surface area contributed by atoms with Crippen LogP contribution in [0.1, 0.15) is 47.1 Å². The first-order valence-corrected chi connectivity index (χ1v) is 12.8. The molecule has 9 heteroatoms. The summed E-state index contributed by atoms with van der Waals surface area (Å²) < 4.78 is 13.7. The van der Waals surface area contributed by atoms with E-state index >= 15 is 0 Å². The number of nitrogen functional groups attached to an aromatic ring is 1. The monoisotopic (exact) mass is 583 g/mol. The molecule has 0 saturated carbocycles. The maximum Gasteiger partial charge on any atom is 0.425 e. The molecule has 3 aromatic rings. The number of hydrogen-bond acceptors (Lipinski definition) is 6. The number of carbonyl (C=O) groups is 2. The molecule has 38 heavy (non-hydrogen) atoms. The van der Waals surface area contributed by atoms with Crippen molar-refractivity contribution in [2.24, 2.45) is 0 Å². The van der Waals surface area contributed by atoms with Crippen LogP contribution in [0.15, 0.2) is 78.7 Å². The lowest BCUT2D eigenvalue weighted by atomic mass is 10.1. The lowest BCUT2D eigenvalue weighted by Gasteiger charge is -2.28. The maximum atomic E-state index is 13.1. The third kappa shape index (κ3) is 8.99. The van der Waals surface area contributed by atoms with Crippen LogP contribution in [-0.4, -0.2) is 28.4 Å². The number of nitrogens with two attached hydrogens (primary N) is 1. The SMILES string of the molecule is C=CC=C.CC(C)(C)OC(=O)N(C(=O)OC(C)(C)C)c1ncc(Br)c2cc(C[n+]3ccc(N)cc3)ccc12. The summed E-state index contributed by atoms with van der Waals surface area (Å²) in [5.74, 6) is 0.133. The highest BCUT2D eigenvalue weighted by atomic mass is 79.9. The van der Waals surface area contributed by atoms with E-state index in [2.05, 4.69) is 34.1 Å². The van der Waals surface area contributed by atoms with Crippen molar-refractivity contribution in [2.75, 3.05) is 10.6 Å². The van der Waals surface area contributed by atoms with Gasteiger partial charge in [-0.1, -0.05) is 37.4 Å². The van der Waals surface area contributed by atoms with Gasteiger partial charge in [-0.25, -0.2) is 19.1 Å². The normalized spacial score (nSPS) is 11.1. The van der Waals surface area contributed by atoms with E-state index in [1.807, 2.05) is 47.3 Å². The summed E-state index contributed by atoms with van der Waals surface area (Å²) in [5, 5.41) is 1.38. The number of pyridine rings is 2. The van der Waals surface area contributed by atoms with Gasteiger partial charge in [0, 0.05) is 44.8 Å².